The molecule has 0 radical (unpaired) electrons. The SMILES string of the molecule is Cl.O=C(O)c1cc(O)cc(NC2N=CC(O)CN2)c1. The van der Waals surface area contributed by atoms with Crippen LogP contribution in [0.2, 0.25) is 0 Å². The lowest BCUT2D eigenvalue weighted by atomic mass is 10.2. The third-order valence-electron chi connectivity index (χ3n) is 2.40. The fourth-order valence-corrected chi connectivity index (χ4v) is 1.59. The molecule has 0 amide bonds. The predicted molar refractivity (Wildman–Crippen MR) is 72.2 cm³/mol. The molecule has 8 heteroatoms. The summed E-state index contributed by atoms with van der Waals surface area (Å²) in [5.74, 6) is -1.26. The van der Waals surface area contributed by atoms with Crippen LogP contribution in [0.1, 0.15) is 10.4 Å². The van der Waals surface area contributed by atoms with Crippen molar-refractivity contribution in [1.29, 1.82) is 0 Å². The molecule has 2 unspecified atom stereocenters. The second-order valence-corrected chi connectivity index (χ2v) is 3.89. The van der Waals surface area contributed by atoms with Crippen LogP contribution in [0.5, 0.6) is 5.75 Å². The standard InChI is InChI=1S/C11H13N3O4.ClH/c15-8-2-6(10(17)18)1-7(3-8)14-11-12-4-9(16)5-13-11;/h1-4,9,11,13-16H,5H2,(H,17,18);1H. The Labute approximate surface area is 115 Å². The van der Waals surface area contributed by atoms with Gasteiger partial charge in [-0.25, -0.2) is 4.79 Å². The third-order valence-corrected chi connectivity index (χ3v) is 2.40. The van der Waals surface area contributed by atoms with Crippen molar-refractivity contribution >= 4 is 30.3 Å². The van der Waals surface area contributed by atoms with Gasteiger partial charge in [-0.1, -0.05) is 0 Å². The highest BCUT2D eigenvalue weighted by molar-refractivity contribution is 5.89. The van der Waals surface area contributed by atoms with Crippen molar-refractivity contribution in [3.05, 3.63) is 23.8 Å². The highest BCUT2D eigenvalue weighted by Gasteiger charge is 2.14. The second-order valence-electron chi connectivity index (χ2n) is 3.89. The minimum Gasteiger partial charge on any atom is -0.508 e. The Morgan fingerprint density at radius 1 is 1.42 bits per heavy atom. The smallest absolute Gasteiger partial charge is 0.335 e. The number of phenols is 1. The molecule has 0 aromatic heterocycles. The Morgan fingerprint density at radius 2 is 2.16 bits per heavy atom. The summed E-state index contributed by atoms with van der Waals surface area (Å²) in [4.78, 5) is 14.8. The van der Waals surface area contributed by atoms with Crippen molar-refractivity contribution in [3.63, 3.8) is 0 Å². The average Bonchev–Trinajstić information content (AvgIpc) is 2.31. The van der Waals surface area contributed by atoms with E-state index in [-0.39, 0.29) is 23.7 Å². The van der Waals surface area contributed by atoms with Gasteiger partial charge < -0.3 is 20.6 Å². The molecule has 0 bridgehead atoms. The van der Waals surface area contributed by atoms with Crippen LogP contribution < -0.4 is 10.6 Å². The number of nitrogens with zero attached hydrogens (tertiary/aromatic N) is 1. The largest absolute Gasteiger partial charge is 0.508 e. The van der Waals surface area contributed by atoms with Gasteiger partial charge in [0.2, 0.25) is 0 Å². The van der Waals surface area contributed by atoms with E-state index in [9.17, 15) is 15.0 Å². The van der Waals surface area contributed by atoms with E-state index in [0.29, 0.717) is 12.2 Å². The van der Waals surface area contributed by atoms with Crippen LogP contribution in [0.4, 0.5) is 5.69 Å². The summed E-state index contributed by atoms with van der Waals surface area (Å²) < 4.78 is 0. The molecule has 0 spiro atoms. The Morgan fingerprint density at radius 3 is 2.74 bits per heavy atom. The highest BCUT2D eigenvalue weighted by Crippen LogP contribution is 2.20. The monoisotopic (exact) mass is 287 g/mol. The summed E-state index contributed by atoms with van der Waals surface area (Å²) in [7, 11) is 0. The first-order chi connectivity index (χ1) is 8.54. The number of carboxylic acid groups (broad SMARTS) is 1. The van der Waals surface area contributed by atoms with E-state index in [0.717, 1.165) is 6.07 Å². The number of aromatic hydroxyl groups is 1. The number of aliphatic hydroxyl groups is 1. The van der Waals surface area contributed by atoms with Gasteiger partial charge in [0.25, 0.3) is 0 Å². The minimum absolute atomic E-state index is 0. The summed E-state index contributed by atoms with van der Waals surface area (Å²) in [5.41, 5.74) is 0.413. The van der Waals surface area contributed by atoms with Crippen molar-refractivity contribution in [2.24, 2.45) is 4.99 Å². The van der Waals surface area contributed by atoms with Crippen LogP contribution in [-0.4, -0.2) is 46.4 Å². The second kappa shape index (κ2) is 6.37. The Balaban J connectivity index is 0.00000180. The van der Waals surface area contributed by atoms with E-state index < -0.39 is 18.4 Å². The molecule has 0 aliphatic carbocycles. The van der Waals surface area contributed by atoms with Gasteiger partial charge in [-0.15, -0.1) is 12.4 Å². The summed E-state index contributed by atoms with van der Waals surface area (Å²) in [5, 5.41) is 33.3. The molecule has 104 valence electrons. The number of β-amino-alcohol motifs (C(OH)–C–C–N with tert-alkyl or cyclic N) is 1. The third kappa shape index (κ3) is 4.09. The highest BCUT2D eigenvalue weighted by atomic mass is 35.5. The molecule has 1 heterocycles. The zero-order chi connectivity index (χ0) is 13.1. The number of halogens is 1. The normalized spacial score (nSPS) is 21.5. The molecule has 1 aromatic rings. The zero-order valence-electron chi connectivity index (χ0n) is 9.78. The van der Waals surface area contributed by atoms with Gasteiger partial charge in [-0.05, 0) is 12.1 Å². The predicted octanol–water partition coefficient (Wildman–Crippen LogP) is 0.243. The summed E-state index contributed by atoms with van der Waals surface area (Å²) in [6.45, 7) is 0.353. The number of rotatable bonds is 3. The van der Waals surface area contributed by atoms with Crippen molar-refractivity contribution in [2.75, 3.05) is 11.9 Å². The topological polar surface area (TPSA) is 114 Å². The average molecular weight is 288 g/mol. The van der Waals surface area contributed by atoms with E-state index in [4.69, 9.17) is 5.11 Å². The quantitative estimate of drug-likeness (QED) is 0.544. The molecule has 7 nitrogen and oxygen atoms in total. The molecular formula is C11H14ClN3O4. The number of aliphatic imine (C=N–C) groups is 1. The number of hydrogen-bond donors (Lipinski definition) is 5. The lowest BCUT2D eigenvalue weighted by Gasteiger charge is -2.22. The maximum Gasteiger partial charge on any atom is 0.335 e. The lowest BCUT2D eigenvalue weighted by Crippen LogP contribution is -2.44. The van der Waals surface area contributed by atoms with E-state index >= 15 is 0 Å². The van der Waals surface area contributed by atoms with Crippen molar-refractivity contribution in [3.8, 4) is 5.75 Å². The van der Waals surface area contributed by atoms with Crippen molar-refractivity contribution < 1.29 is 20.1 Å². The van der Waals surface area contributed by atoms with Gasteiger partial charge in [-0.3, -0.25) is 10.3 Å². The van der Waals surface area contributed by atoms with Crippen LogP contribution in [-0.2, 0) is 0 Å². The van der Waals surface area contributed by atoms with Gasteiger partial charge in [-0.2, -0.15) is 0 Å². The Hall–Kier alpha value is -1.83. The summed E-state index contributed by atoms with van der Waals surface area (Å²) >= 11 is 0. The molecule has 0 saturated carbocycles. The number of benzene rings is 1. The van der Waals surface area contributed by atoms with Gasteiger partial charge in [0, 0.05) is 24.5 Å². The number of nitrogens with one attached hydrogen (secondary N) is 2. The van der Waals surface area contributed by atoms with E-state index in [1.165, 1.54) is 18.3 Å². The minimum atomic E-state index is -1.12. The molecule has 19 heavy (non-hydrogen) atoms. The molecule has 5 N–H and O–H groups in total. The number of aromatic carboxylic acids is 1. The van der Waals surface area contributed by atoms with Gasteiger partial charge in [0.1, 0.15) is 11.9 Å². The summed E-state index contributed by atoms with van der Waals surface area (Å²) in [6.07, 6.45) is 0.313. The van der Waals surface area contributed by atoms with Crippen LogP contribution >= 0.6 is 12.4 Å². The van der Waals surface area contributed by atoms with Crippen LogP contribution in [0.25, 0.3) is 0 Å². The first kappa shape index (κ1) is 15.2. The number of hydrogen-bond acceptors (Lipinski definition) is 6. The van der Waals surface area contributed by atoms with Crippen LogP contribution in [0.3, 0.4) is 0 Å². The first-order valence-electron chi connectivity index (χ1n) is 5.33. The Kier molecular flexibility index (Phi) is 5.11. The van der Waals surface area contributed by atoms with Gasteiger partial charge in [0.05, 0.1) is 5.56 Å². The summed E-state index contributed by atoms with van der Waals surface area (Å²) in [6, 6.07) is 3.95. The molecule has 0 fully saturated rings. The Bertz CT molecular complexity index is 495. The molecule has 1 aliphatic heterocycles. The zero-order valence-corrected chi connectivity index (χ0v) is 10.6. The number of phenolic OH excluding ortho intramolecular Hbond substituents is 1. The number of carbonyl (C=O) groups is 1. The number of carboxylic acids is 1. The van der Waals surface area contributed by atoms with E-state index in [2.05, 4.69) is 15.6 Å². The van der Waals surface area contributed by atoms with E-state index in [1.807, 2.05) is 0 Å². The molecular weight excluding hydrogens is 274 g/mol. The molecule has 1 aliphatic rings. The van der Waals surface area contributed by atoms with Gasteiger partial charge in [0.15, 0.2) is 6.29 Å². The molecule has 2 atom stereocenters. The lowest BCUT2D eigenvalue weighted by molar-refractivity contribution is 0.0696. The maximum atomic E-state index is 10.8. The molecule has 1 aromatic carbocycles. The molecule has 0 saturated heterocycles. The van der Waals surface area contributed by atoms with E-state index in [1.54, 1.807) is 0 Å². The first-order valence-corrected chi connectivity index (χ1v) is 5.33. The molecule has 2 rings (SSSR count). The van der Waals surface area contributed by atoms with Crippen LogP contribution in [0, 0.1) is 0 Å². The van der Waals surface area contributed by atoms with Crippen LogP contribution in [0.15, 0.2) is 23.2 Å². The van der Waals surface area contributed by atoms with Crippen molar-refractivity contribution in [2.45, 2.75) is 12.4 Å². The fraction of sp³-hybridized carbons (Fsp3) is 0.273. The van der Waals surface area contributed by atoms with Gasteiger partial charge >= 0.3 is 5.97 Å². The number of anilines is 1. The maximum absolute atomic E-state index is 10.8. The number of aliphatic hydroxyl groups excluding tert-OH is 1. The fourth-order valence-electron chi connectivity index (χ4n) is 1.59. The van der Waals surface area contributed by atoms with Crippen molar-refractivity contribution in [1.82, 2.24) is 5.32 Å².